The van der Waals surface area contributed by atoms with Gasteiger partial charge in [-0.15, -0.1) is 11.3 Å². The maximum absolute atomic E-state index is 14.2. The number of piperazine rings is 1. The number of hydrogen-bond donors (Lipinski definition) is 3. The van der Waals surface area contributed by atoms with Crippen molar-refractivity contribution in [2.45, 2.75) is 78.2 Å². The molecule has 9 rings (SSSR count). The molecule has 0 unspecified atom stereocenters. The first-order chi connectivity index (χ1) is 35.7. The summed E-state index contributed by atoms with van der Waals surface area (Å²) in [6.45, 7) is 14.4. The summed E-state index contributed by atoms with van der Waals surface area (Å²) in [6.07, 6.45) is 5.15. The molecule has 3 aliphatic heterocycles. The monoisotopic (exact) mass is 1020 g/mol. The van der Waals surface area contributed by atoms with Gasteiger partial charge in [-0.1, -0.05) is 75.4 Å². The van der Waals surface area contributed by atoms with Gasteiger partial charge in [0.15, 0.2) is 5.82 Å². The maximum Gasteiger partial charge on any atom is 0.267 e. The van der Waals surface area contributed by atoms with Gasteiger partial charge in [0.05, 0.1) is 70.7 Å². The van der Waals surface area contributed by atoms with Crippen LogP contribution in [0.4, 0.5) is 5.69 Å². The molecule has 384 valence electrons. The quantitative estimate of drug-likeness (QED) is 0.119. The van der Waals surface area contributed by atoms with Crippen LogP contribution in [0.1, 0.15) is 62.4 Å². The topological polar surface area (TPSA) is 206 Å². The lowest BCUT2D eigenvalue weighted by molar-refractivity contribution is -0.144. The number of aliphatic hydroxyl groups is 1. The van der Waals surface area contributed by atoms with Crippen molar-refractivity contribution < 1.29 is 19.5 Å². The summed E-state index contributed by atoms with van der Waals surface area (Å²) in [6, 6.07) is 26.5. The average molecular weight is 1020 g/mol. The van der Waals surface area contributed by atoms with E-state index in [9.17, 15) is 29.5 Å². The number of benzene rings is 3. The molecular weight excluding hydrogens is 953 g/mol. The third kappa shape index (κ3) is 12.6. The molecule has 0 bridgehead atoms. The smallest absolute Gasteiger partial charge is 0.267 e. The van der Waals surface area contributed by atoms with Gasteiger partial charge in [0.1, 0.15) is 12.1 Å². The molecule has 3 aromatic heterocycles. The van der Waals surface area contributed by atoms with Crippen molar-refractivity contribution in [2.24, 2.45) is 11.3 Å². The Morgan fingerprint density at radius 1 is 0.851 bits per heavy atom. The Kier molecular flexibility index (Phi) is 16.0. The van der Waals surface area contributed by atoms with E-state index in [2.05, 4.69) is 41.5 Å². The number of piperidine rings is 1. The fraction of sp³-hybridized carbons (Fsp3) is 0.411. The minimum absolute atomic E-state index is 0.0214. The fourth-order valence-electron chi connectivity index (χ4n) is 10.1. The number of amides is 3. The number of hydrogen-bond acceptors (Lipinski definition) is 14. The SMILES string of the molecule is Cc1ncsc1-c1ccc(CNC(=O)[C@@H]2C[C@@H](O)CN2C(=O)[C@@H](NC(=O)CN2CCN(CC3CCN(c4cnc(-c5cccc(Cn6nc(-c7cccc(C#N)c7)ccc6=O)c5)nc4)CC3)CC2)C(C)(C)C)cc1. The van der Waals surface area contributed by atoms with Crippen LogP contribution in [-0.4, -0.2) is 139 Å². The van der Waals surface area contributed by atoms with Crippen LogP contribution in [0, 0.1) is 29.6 Å². The highest BCUT2D eigenvalue weighted by atomic mass is 32.1. The van der Waals surface area contributed by atoms with Crippen LogP contribution in [0.3, 0.4) is 0 Å². The van der Waals surface area contributed by atoms with Crippen molar-refractivity contribution in [3.63, 3.8) is 0 Å². The zero-order chi connectivity index (χ0) is 51.9. The van der Waals surface area contributed by atoms with E-state index < -0.39 is 23.6 Å². The summed E-state index contributed by atoms with van der Waals surface area (Å²) in [4.78, 5) is 77.5. The van der Waals surface area contributed by atoms with Crippen molar-refractivity contribution in [1.29, 1.82) is 5.26 Å². The number of aliphatic hydroxyl groups excluding tert-OH is 1. The molecule has 0 radical (unpaired) electrons. The first kappa shape index (κ1) is 51.7. The maximum atomic E-state index is 14.2. The second-order valence-corrected chi connectivity index (χ2v) is 21.7. The summed E-state index contributed by atoms with van der Waals surface area (Å²) in [5.74, 6) is 0.201. The predicted octanol–water partition coefficient (Wildman–Crippen LogP) is 5.36. The minimum atomic E-state index is -0.887. The second-order valence-electron chi connectivity index (χ2n) is 20.8. The fourth-order valence-corrected chi connectivity index (χ4v) is 11.0. The third-order valence-electron chi connectivity index (χ3n) is 14.3. The van der Waals surface area contributed by atoms with E-state index in [4.69, 9.17) is 9.97 Å². The van der Waals surface area contributed by atoms with Gasteiger partial charge in [0, 0.05) is 82.5 Å². The lowest BCUT2D eigenvalue weighted by Crippen LogP contribution is -2.59. The van der Waals surface area contributed by atoms with Crippen LogP contribution in [-0.2, 0) is 27.5 Å². The van der Waals surface area contributed by atoms with Crippen molar-refractivity contribution in [3.05, 3.63) is 136 Å². The summed E-state index contributed by atoms with van der Waals surface area (Å²) in [7, 11) is 0. The van der Waals surface area contributed by atoms with Crippen LogP contribution < -0.4 is 21.1 Å². The highest BCUT2D eigenvalue weighted by Gasteiger charge is 2.44. The Morgan fingerprint density at radius 3 is 2.27 bits per heavy atom. The van der Waals surface area contributed by atoms with Gasteiger partial charge in [-0.25, -0.2) is 19.6 Å². The molecule has 3 aliphatic rings. The van der Waals surface area contributed by atoms with Gasteiger partial charge < -0.3 is 30.4 Å². The van der Waals surface area contributed by atoms with Crippen molar-refractivity contribution in [2.75, 3.05) is 63.8 Å². The van der Waals surface area contributed by atoms with E-state index in [1.165, 1.54) is 15.6 Å². The number of aryl methyl sites for hydroxylation is 1. The van der Waals surface area contributed by atoms with Gasteiger partial charge in [-0.3, -0.25) is 24.1 Å². The van der Waals surface area contributed by atoms with Crippen LogP contribution in [0.25, 0.3) is 33.1 Å². The number of anilines is 1. The number of nitrogens with zero attached hydrogens (tertiary/aromatic N) is 10. The second kappa shape index (κ2) is 22.9. The zero-order valence-corrected chi connectivity index (χ0v) is 43.3. The lowest BCUT2D eigenvalue weighted by Gasteiger charge is -2.39. The van der Waals surface area contributed by atoms with E-state index in [1.807, 2.05) is 100 Å². The molecule has 3 atom stereocenters. The summed E-state index contributed by atoms with van der Waals surface area (Å²) < 4.78 is 1.43. The Hall–Kier alpha value is -7.17. The standard InChI is InChI=1S/C56H64N12O5S/c1-37-51(74-36-61-37)42-13-11-38(12-14-42)29-60-54(72)48-27-46(69)34-67(48)55(73)52(56(2,3)4)62-49(70)35-65-23-21-64(22-24-65)32-39-17-19-66(20-18-39)45-30-58-53(59-31-45)44-10-6-8-41(26-44)33-68-50(71)16-15-47(63-68)43-9-5-7-40(25-43)28-57/h5-16,25-26,30-31,36,39,46,48,52,69H,17-24,27,29,32-35H2,1-4H3,(H,60,72)(H,62,70)/t46-,48+,52-/m1/s1. The van der Waals surface area contributed by atoms with E-state index in [0.717, 1.165) is 103 Å². The minimum Gasteiger partial charge on any atom is -0.391 e. The molecule has 0 saturated carbocycles. The molecule has 0 aliphatic carbocycles. The summed E-state index contributed by atoms with van der Waals surface area (Å²) in [5, 5.41) is 30.6. The Labute approximate surface area is 435 Å². The Balaban J connectivity index is 0.709. The number of aromatic nitrogens is 5. The van der Waals surface area contributed by atoms with Crippen molar-refractivity contribution in [1.82, 2.24) is 50.1 Å². The molecule has 17 nitrogen and oxygen atoms in total. The highest BCUT2D eigenvalue weighted by Crippen LogP contribution is 2.30. The molecule has 3 fully saturated rings. The molecule has 74 heavy (non-hydrogen) atoms. The number of β-amino-alcohol motifs (C(OH)–C–C–N with tert-alkyl or cyclic N) is 1. The van der Waals surface area contributed by atoms with E-state index in [1.54, 1.807) is 35.6 Å². The Morgan fingerprint density at radius 2 is 1.57 bits per heavy atom. The van der Waals surface area contributed by atoms with E-state index >= 15 is 0 Å². The van der Waals surface area contributed by atoms with Crippen molar-refractivity contribution in [3.8, 4) is 39.2 Å². The summed E-state index contributed by atoms with van der Waals surface area (Å²) in [5.41, 5.74) is 8.52. The van der Waals surface area contributed by atoms with Gasteiger partial charge >= 0.3 is 0 Å². The first-order valence-electron chi connectivity index (χ1n) is 25.4. The zero-order valence-electron chi connectivity index (χ0n) is 42.5. The predicted molar refractivity (Wildman–Crippen MR) is 285 cm³/mol. The van der Waals surface area contributed by atoms with E-state index in [-0.39, 0.29) is 55.9 Å². The third-order valence-corrected chi connectivity index (χ3v) is 15.3. The molecule has 3 aromatic carbocycles. The van der Waals surface area contributed by atoms with Gasteiger partial charge in [-0.2, -0.15) is 10.4 Å². The van der Waals surface area contributed by atoms with E-state index in [0.29, 0.717) is 23.0 Å². The number of rotatable bonds is 15. The molecule has 3 amide bonds. The number of carbonyl (C=O) groups is 3. The van der Waals surface area contributed by atoms with Crippen LogP contribution in [0.5, 0.6) is 0 Å². The molecule has 18 heteroatoms. The lowest BCUT2D eigenvalue weighted by atomic mass is 9.85. The number of nitriles is 1. The summed E-state index contributed by atoms with van der Waals surface area (Å²) >= 11 is 1.58. The molecule has 0 spiro atoms. The van der Waals surface area contributed by atoms with Crippen molar-refractivity contribution >= 4 is 34.7 Å². The molecular formula is C56H64N12O5S. The molecule has 3 N–H and O–H groups in total. The van der Waals surface area contributed by atoms with Crippen LogP contribution in [0.2, 0.25) is 0 Å². The number of thiazole rings is 1. The largest absolute Gasteiger partial charge is 0.391 e. The molecule has 6 aromatic rings. The van der Waals surface area contributed by atoms with Gasteiger partial charge in [0.25, 0.3) is 5.56 Å². The van der Waals surface area contributed by atoms with Gasteiger partial charge in [-0.05, 0) is 72.1 Å². The van der Waals surface area contributed by atoms with Crippen LogP contribution >= 0.6 is 11.3 Å². The normalized spacial score (nSPS) is 18.2. The average Bonchev–Trinajstić information content (AvgIpc) is 4.03. The molecule has 3 saturated heterocycles. The number of carbonyl (C=O) groups excluding carboxylic acids is 3. The number of nitrogens with one attached hydrogen (secondary N) is 2. The van der Waals surface area contributed by atoms with Crippen LogP contribution in [0.15, 0.2) is 108 Å². The Bertz CT molecular complexity index is 3040. The molecule has 6 heterocycles. The highest BCUT2D eigenvalue weighted by molar-refractivity contribution is 7.13. The van der Waals surface area contributed by atoms with Gasteiger partial charge in [0.2, 0.25) is 17.7 Å². The first-order valence-corrected chi connectivity index (χ1v) is 26.3. The number of likely N-dealkylation sites (tertiary alicyclic amines) is 1.